The summed E-state index contributed by atoms with van der Waals surface area (Å²) in [5.41, 5.74) is 8.48. The Bertz CT molecular complexity index is 1330. The van der Waals surface area contributed by atoms with Gasteiger partial charge in [-0.2, -0.15) is 0 Å². The lowest BCUT2D eigenvalue weighted by Gasteiger charge is -2.27. The minimum Gasteiger partial charge on any atom is -0.324 e. The number of anilines is 2. The van der Waals surface area contributed by atoms with E-state index in [1.807, 2.05) is 6.20 Å². The molecule has 3 aromatic carbocycles. The van der Waals surface area contributed by atoms with Crippen molar-refractivity contribution in [1.29, 1.82) is 0 Å². The first-order valence-electron chi connectivity index (χ1n) is 13.0. The number of hydrogen-bond donors (Lipinski definition) is 1. The molecule has 1 fully saturated rings. The van der Waals surface area contributed by atoms with Crippen LogP contribution in [0.3, 0.4) is 0 Å². The highest BCUT2D eigenvalue weighted by atomic mass is 79.9. The Morgan fingerprint density at radius 1 is 0.889 bits per heavy atom. The highest BCUT2D eigenvalue weighted by molar-refractivity contribution is 9.10. The van der Waals surface area contributed by atoms with Crippen LogP contribution in [-0.4, -0.2) is 34.5 Å². The normalized spacial score (nSPS) is 17.3. The smallest absolute Gasteiger partial charge is 0.227 e. The van der Waals surface area contributed by atoms with Gasteiger partial charge < -0.3 is 10.2 Å². The van der Waals surface area contributed by atoms with Crippen LogP contribution in [0.2, 0.25) is 0 Å². The highest BCUT2D eigenvalue weighted by Crippen LogP contribution is 2.42. The lowest BCUT2D eigenvalue weighted by molar-refractivity contribution is 0.231. The first-order valence-corrected chi connectivity index (χ1v) is 13.8. The van der Waals surface area contributed by atoms with Gasteiger partial charge >= 0.3 is 0 Å². The molecule has 2 aliphatic rings. The second kappa shape index (κ2) is 10.5. The number of nitrogens with one attached hydrogen (secondary N) is 1. The fourth-order valence-electron chi connectivity index (χ4n) is 5.54. The Morgan fingerprint density at radius 3 is 2.47 bits per heavy atom. The molecular weight excluding hydrogens is 508 g/mol. The summed E-state index contributed by atoms with van der Waals surface area (Å²) in [5, 5.41) is 3.43. The predicted octanol–water partition coefficient (Wildman–Crippen LogP) is 7.37. The SMILES string of the molecule is Brc1ccc(C2Cc3cnc(Nc4ccc(CCN5CCCCC5)cc4)nc3-c3ccccc32)cc1. The Balaban J connectivity index is 1.19. The molecule has 4 nitrogen and oxygen atoms in total. The first kappa shape index (κ1) is 23.4. The van der Waals surface area contributed by atoms with Crippen LogP contribution in [0.25, 0.3) is 11.3 Å². The first-order chi connectivity index (χ1) is 17.7. The minimum atomic E-state index is 0.307. The summed E-state index contributed by atoms with van der Waals surface area (Å²) < 4.78 is 1.10. The van der Waals surface area contributed by atoms with E-state index >= 15 is 0 Å². The van der Waals surface area contributed by atoms with E-state index < -0.39 is 0 Å². The van der Waals surface area contributed by atoms with Crippen LogP contribution in [0, 0.1) is 0 Å². The molecule has 0 spiro atoms. The van der Waals surface area contributed by atoms with Crippen molar-refractivity contribution >= 4 is 27.6 Å². The molecule has 0 amide bonds. The molecule has 1 aromatic heterocycles. The number of likely N-dealkylation sites (tertiary alicyclic amines) is 1. The van der Waals surface area contributed by atoms with Gasteiger partial charge in [0.15, 0.2) is 0 Å². The summed E-state index contributed by atoms with van der Waals surface area (Å²) in [6, 6.07) is 26.1. The third kappa shape index (κ3) is 5.09. The molecule has 0 radical (unpaired) electrons. The van der Waals surface area contributed by atoms with E-state index in [2.05, 4.69) is 104 Å². The summed E-state index contributed by atoms with van der Waals surface area (Å²) in [7, 11) is 0. The fraction of sp³-hybridized carbons (Fsp3) is 0.290. The van der Waals surface area contributed by atoms with Crippen molar-refractivity contribution in [3.8, 4) is 11.3 Å². The van der Waals surface area contributed by atoms with Gasteiger partial charge in [-0.05, 0) is 85.3 Å². The number of piperidine rings is 1. The number of aromatic nitrogens is 2. The van der Waals surface area contributed by atoms with Crippen LogP contribution in [0.5, 0.6) is 0 Å². The van der Waals surface area contributed by atoms with Gasteiger partial charge in [-0.3, -0.25) is 0 Å². The summed E-state index contributed by atoms with van der Waals surface area (Å²) in [5.74, 6) is 0.952. The standard InChI is InChI=1S/C31H31BrN4/c32-25-12-10-23(11-13-25)29-20-24-21-33-31(35-30(24)28-7-3-2-6-27(28)29)34-26-14-8-22(9-15-26)16-19-36-17-4-1-5-18-36/h2-3,6-15,21,29H,1,4-5,16-20H2,(H,33,34,35). The maximum atomic E-state index is 4.98. The van der Waals surface area contributed by atoms with Crippen molar-refractivity contribution in [2.24, 2.45) is 0 Å². The monoisotopic (exact) mass is 538 g/mol. The molecule has 0 bridgehead atoms. The average Bonchev–Trinajstić information content (AvgIpc) is 2.93. The number of halogens is 1. The number of nitrogens with zero attached hydrogens (tertiary/aromatic N) is 3. The molecule has 182 valence electrons. The second-order valence-electron chi connectivity index (χ2n) is 9.94. The van der Waals surface area contributed by atoms with Gasteiger partial charge in [0.2, 0.25) is 5.95 Å². The van der Waals surface area contributed by atoms with Crippen molar-refractivity contribution in [2.45, 2.75) is 38.0 Å². The number of fused-ring (bicyclic) bond motifs is 3. The molecule has 1 N–H and O–H groups in total. The maximum Gasteiger partial charge on any atom is 0.227 e. The highest BCUT2D eigenvalue weighted by Gasteiger charge is 2.27. The molecule has 1 aliphatic heterocycles. The molecule has 1 saturated heterocycles. The summed E-state index contributed by atoms with van der Waals surface area (Å²) in [4.78, 5) is 12.3. The van der Waals surface area contributed by atoms with Gasteiger partial charge in [0.25, 0.3) is 0 Å². The lowest BCUT2D eigenvalue weighted by atomic mass is 9.78. The largest absolute Gasteiger partial charge is 0.324 e. The third-order valence-corrected chi connectivity index (χ3v) is 8.06. The van der Waals surface area contributed by atoms with Crippen LogP contribution >= 0.6 is 15.9 Å². The van der Waals surface area contributed by atoms with Crippen LogP contribution in [0.4, 0.5) is 11.6 Å². The molecule has 6 rings (SSSR count). The van der Waals surface area contributed by atoms with E-state index in [1.54, 1.807) is 0 Å². The van der Waals surface area contributed by atoms with Gasteiger partial charge in [0.1, 0.15) is 0 Å². The topological polar surface area (TPSA) is 41.1 Å². The van der Waals surface area contributed by atoms with Crippen molar-refractivity contribution in [1.82, 2.24) is 14.9 Å². The van der Waals surface area contributed by atoms with Gasteiger partial charge in [-0.15, -0.1) is 0 Å². The number of rotatable bonds is 6. The van der Waals surface area contributed by atoms with E-state index in [1.165, 1.54) is 60.2 Å². The van der Waals surface area contributed by atoms with Crippen molar-refractivity contribution in [2.75, 3.05) is 25.0 Å². The predicted molar refractivity (Wildman–Crippen MR) is 151 cm³/mol. The Kier molecular flexibility index (Phi) is 6.84. The minimum absolute atomic E-state index is 0.307. The molecule has 1 atom stereocenters. The van der Waals surface area contributed by atoms with Crippen LogP contribution < -0.4 is 5.32 Å². The number of hydrogen-bond acceptors (Lipinski definition) is 4. The second-order valence-corrected chi connectivity index (χ2v) is 10.9. The Hall–Kier alpha value is -3.02. The van der Waals surface area contributed by atoms with E-state index in [4.69, 9.17) is 4.98 Å². The zero-order chi connectivity index (χ0) is 24.3. The Morgan fingerprint density at radius 2 is 1.67 bits per heavy atom. The molecule has 4 aromatic rings. The van der Waals surface area contributed by atoms with E-state index in [0.717, 1.165) is 35.2 Å². The molecular formula is C31H31BrN4. The molecule has 0 saturated carbocycles. The maximum absolute atomic E-state index is 4.98. The van der Waals surface area contributed by atoms with Crippen molar-refractivity contribution in [3.63, 3.8) is 0 Å². The quantitative estimate of drug-likeness (QED) is 0.278. The zero-order valence-corrected chi connectivity index (χ0v) is 22.0. The van der Waals surface area contributed by atoms with E-state index in [0.29, 0.717) is 11.9 Å². The molecule has 1 aliphatic carbocycles. The summed E-state index contributed by atoms with van der Waals surface area (Å²) >= 11 is 3.56. The van der Waals surface area contributed by atoms with Crippen molar-refractivity contribution in [3.05, 3.63) is 106 Å². The van der Waals surface area contributed by atoms with Gasteiger partial charge in [0, 0.05) is 34.4 Å². The molecule has 5 heteroatoms. The Labute approximate surface area is 221 Å². The van der Waals surface area contributed by atoms with Crippen LogP contribution in [-0.2, 0) is 12.8 Å². The zero-order valence-electron chi connectivity index (χ0n) is 20.5. The van der Waals surface area contributed by atoms with Gasteiger partial charge in [-0.25, -0.2) is 9.97 Å². The third-order valence-electron chi connectivity index (χ3n) is 7.53. The summed E-state index contributed by atoms with van der Waals surface area (Å²) in [6.07, 6.45) is 8.09. The lowest BCUT2D eigenvalue weighted by Crippen LogP contribution is -2.31. The fourth-order valence-corrected chi connectivity index (χ4v) is 5.81. The van der Waals surface area contributed by atoms with Gasteiger partial charge in [-0.1, -0.05) is 70.9 Å². The average molecular weight is 540 g/mol. The van der Waals surface area contributed by atoms with Crippen molar-refractivity contribution < 1.29 is 0 Å². The molecule has 2 heterocycles. The van der Waals surface area contributed by atoms with Crippen LogP contribution in [0.1, 0.15) is 47.4 Å². The summed E-state index contributed by atoms with van der Waals surface area (Å²) in [6.45, 7) is 3.66. The van der Waals surface area contributed by atoms with Gasteiger partial charge in [0.05, 0.1) is 5.69 Å². The van der Waals surface area contributed by atoms with E-state index in [-0.39, 0.29) is 0 Å². The molecule has 36 heavy (non-hydrogen) atoms. The van der Waals surface area contributed by atoms with Crippen LogP contribution in [0.15, 0.2) is 83.5 Å². The van der Waals surface area contributed by atoms with E-state index in [9.17, 15) is 0 Å². The molecule has 1 unspecified atom stereocenters. The number of benzene rings is 3.